The average Bonchev–Trinajstić information content (AvgIpc) is 2.90. The second kappa shape index (κ2) is 5.62. The molecule has 1 aromatic carbocycles. The third kappa shape index (κ3) is 2.55. The summed E-state index contributed by atoms with van der Waals surface area (Å²) >= 11 is 6.09. The van der Waals surface area contributed by atoms with Gasteiger partial charge in [0.1, 0.15) is 11.4 Å². The van der Waals surface area contributed by atoms with E-state index in [4.69, 9.17) is 11.6 Å². The highest BCUT2D eigenvalue weighted by molar-refractivity contribution is 6.31. The highest BCUT2D eigenvalue weighted by atomic mass is 35.5. The number of aromatic nitrogens is 3. The van der Waals surface area contributed by atoms with Crippen LogP contribution in [0, 0.1) is 19.7 Å². The maximum atomic E-state index is 14.0. The molecule has 118 valence electrons. The Morgan fingerprint density at radius 1 is 1.35 bits per heavy atom. The zero-order valence-electron chi connectivity index (χ0n) is 12.5. The predicted molar refractivity (Wildman–Crippen MR) is 83.6 cm³/mol. The van der Waals surface area contributed by atoms with E-state index in [1.165, 1.54) is 16.8 Å². The van der Waals surface area contributed by atoms with Crippen molar-refractivity contribution in [2.75, 3.05) is 0 Å². The predicted octanol–water partition coefficient (Wildman–Crippen LogP) is 3.43. The molecule has 7 heteroatoms. The Kier molecular flexibility index (Phi) is 3.77. The van der Waals surface area contributed by atoms with Gasteiger partial charge in [0.25, 0.3) is 0 Å². The van der Waals surface area contributed by atoms with E-state index in [1.54, 1.807) is 26.0 Å². The molecule has 3 aromatic rings. The Balaban J connectivity index is 2.17. The smallest absolute Gasteiger partial charge is 0.341 e. The average molecular weight is 334 g/mol. The van der Waals surface area contributed by atoms with Gasteiger partial charge in [0.2, 0.25) is 0 Å². The van der Waals surface area contributed by atoms with E-state index in [1.807, 2.05) is 0 Å². The zero-order chi connectivity index (χ0) is 16.7. The maximum absolute atomic E-state index is 14.0. The Morgan fingerprint density at radius 2 is 2.09 bits per heavy atom. The van der Waals surface area contributed by atoms with Gasteiger partial charge >= 0.3 is 5.97 Å². The molecule has 1 N–H and O–H groups in total. The van der Waals surface area contributed by atoms with Crippen LogP contribution in [0.3, 0.4) is 0 Å². The number of carboxylic acid groups (broad SMARTS) is 1. The molecule has 0 bridgehead atoms. The molecule has 23 heavy (non-hydrogen) atoms. The molecule has 0 atom stereocenters. The van der Waals surface area contributed by atoms with Crippen LogP contribution in [0.5, 0.6) is 0 Å². The minimum atomic E-state index is -1.09. The lowest BCUT2D eigenvalue weighted by molar-refractivity contribution is 0.0698. The van der Waals surface area contributed by atoms with Gasteiger partial charge in [-0.2, -0.15) is 5.10 Å². The van der Waals surface area contributed by atoms with E-state index in [2.05, 4.69) is 10.1 Å². The van der Waals surface area contributed by atoms with E-state index in [-0.39, 0.29) is 23.4 Å². The van der Waals surface area contributed by atoms with E-state index in [9.17, 15) is 14.3 Å². The van der Waals surface area contributed by atoms with Gasteiger partial charge in [0.05, 0.1) is 6.20 Å². The number of halogens is 2. The van der Waals surface area contributed by atoms with E-state index in [0.29, 0.717) is 22.0 Å². The van der Waals surface area contributed by atoms with Crippen molar-refractivity contribution in [1.29, 1.82) is 0 Å². The van der Waals surface area contributed by atoms with Crippen LogP contribution in [0.4, 0.5) is 4.39 Å². The highest BCUT2D eigenvalue weighted by Gasteiger charge is 2.19. The Bertz CT molecular complexity index is 916. The van der Waals surface area contributed by atoms with Crippen molar-refractivity contribution in [2.24, 2.45) is 0 Å². The molecule has 5 nitrogen and oxygen atoms in total. The summed E-state index contributed by atoms with van der Waals surface area (Å²) in [5.41, 5.74) is 2.79. The fraction of sp³-hybridized carbons (Fsp3) is 0.188. The van der Waals surface area contributed by atoms with Gasteiger partial charge in [-0.05, 0) is 31.5 Å². The molecule has 0 amide bonds. The van der Waals surface area contributed by atoms with E-state index >= 15 is 0 Å². The molecule has 0 aliphatic rings. The van der Waals surface area contributed by atoms with Crippen LogP contribution in [0.2, 0.25) is 5.02 Å². The molecule has 2 heterocycles. The van der Waals surface area contributed by atoms with Crippen molar-refractivity contribution < 1.29 is 14.3 Å². The fourth-order valence-corrected chi connectivity index (χ4v) is 2.83. The van der Waals surface area contributed by atoms with Gasteiger partial charge in [-0.15, -0.1) is 0 Å². The number of hydrogen-bond donors (Lipinski definition) is 1. The molecular weight excluding hydrogens is 321 g/mol. The molecule has 0 spiro atoms. The van der Waals surface area contributed by atoms with Crippen LogP contribution in [0.1, 0.15) is 32.9 Å². The van der Waals surface area contributed by atoms with E-state index < -0.39 is 5.97 Å². The normalized spacial score (nSPS) is 11.1. The number of carbonyl (C=O) groups is 1. The van der Waals surface area contributed by atoms with Gasteiger partial charge in [-0.25, -0.2) is 18.7 Å². The molecule has 3 rings (SSSR count). The first kappa shape index (κ1) is 15.4. The number of hydrogen-bond acceptors (Lipinski definition) is 3. The molecule has 0 aliphatic carbocycles. The lowest BCUT2D eigenvalue weighted by atomic mass is 10.0. The third-order valence-corrected chi connectivity index (χ3v) is 4.21. The first-order chi connectivity index (χ1) is 10.9. The minimum Gasteiger partial charge on any atom is -0.477 e. The molecular formula is C16H13ClFN3O2. The van der Waals surface area contributed by atoms with Crippen molar-refractivity contribution in [3.05, 3.63) is 63.3 Å². The standard InChI is InChI=1S/C16H13ClFN3O2/c1-8-10(6-11-13(17)4-3-5-14(11)18)9(2)21-15(20-8)12(7-19-21)16(22)23/h3-5,7H,6H2,1-2H3,(H,22,23). The van der Waals surface area contributed by atoms with Gasteiger partial charge in [-0.1, -0.05) is 17.7 Å². The summed E-state index contributed by atoms with van der Waals surface area (Å²) in [5.74, 6) is -1.47. The van der Waals surface area contributed by atoms with Crippen LogP contribution >= 0.6 is 11.6 Å². The second-order valence-corrected chi connectivity index (χ2v) is 5.64. The summed E-state index contributed by atoms with van der Waals surface area (Å²) in [4.78, 5) is 15.5. The molecule has 2 aromatic heterocycles. The van der Waals surface area contributed by atoms with Crippen molar-refractivity contribution in [3.63, 3.8) is 0 Å². The molecule has 0 fully saturated rings. The topological polar surface area (TPSA) is 67.5 Å². The third-order valence-electron chi connectivity index (χ3n) is 3.85. The van der Waals surface area contributed by atoms with Crippen molar-refractivity contribution in [2.45, 2.75) is 20.3 Å². The lowest BCUT2D eigenvalue weighted by Gasteiger charge is -2.13. The number of aryl methyl sites for hydroxylation is 2. The van der Waals surface area contributed by atoms with Crippen LogP contribution in [-0.4, -0.2) is 25.7 Å². The summed E-state index contributed by atoms with van der Waals surface area (Å²) in [5, 5.41) is 13.6. The van der Waals surface area contributed by atoms with E-state index in [0.717, 1.165) is 5.56 Å². The quantitative estimate of drug-likeness (QED) is 0.797. The second-order valence-electron chi connectivity index (χ2n) is 5.24. The molecule has 0 radical (unpaired) electrons. The van der Waals surface area contributed by atoms with Crippen molar-refractivity contribution >= 4 is 23.2 Å². The number of nitrogens with zero attached hydrogens (tertiary/aromatic N) is 3. The summed E-state index contributed by atoms with van der Waals surface area (Å²) < 4.78 is 15.5. The molecule has 0 aliphatic heterocycles. The Hall–Kier alpha value is -2.47. The first-order valence-corrected chi connectivity index (χ1v) is 7.28. The zero-order valence-corrected chi connectivity index (χ0v) is 13.2. The van der Waals surface area contributed by atoms with Crippen LogP contribution < -0.4 is 0 Å². The molecule has 0 saturated carbocycles. The minimum absolute atomic E-state index is 0.0340. The summed E-state index contributed by atoms with van der Waals surface area (Å²) in [6.07, 6.45) is 1.52. The summed E-state index contributed by atoms with van der Waals surface area (Å²) in [6, 6.07) is 4.54. The van der Waals surface area contributed by atoms with Crippen LogP contribution in [-0.2, 0) is 6.42 Å². The Labute approximate surface area is 136 Å². The molecule has 0 saturated heterocycles. The monoisotopic (exact) mass is 333 g/mol. The first-order valence-electron chi connectivity index (χ1n) is 6.90. The Morgan fingerprint density at radius 3 is 2.74 bits per heavy atom. The largest absolute Gasteiger partial charge is 0.477 e. The van der Waals surface area contributed by atoms with Gasteiger partial charge in [0.15, 0.2) is 5.65 Å². The van der Waals surface area contributed by atoms with Crippen molar-refractivity contribution in [3.8, 4) is 0 Å². The number of rotatable bonds is 3. The number of carboxylic acids is 1. The summed E-state index contributed by atoms with van der Waals surface area (Å²) in [6.45, 7) is 3.56. The van der Waals surface area contributed by atoms with Crippen LogP contribution in [0.25, 0.3) is 5.65 Å². The highest BCUT2D eigenvalue weighted by Crippen LogP contribution is 2.25. The number of fused-ring (bicyclic) bond motifs is 1. The SMILES string of the molecule is Cc1nc2c(C(=O)O)cnn2c(C)c1Cc1c(F)cccc1Cl. The fourth-order valence-electron chi connectivity index (χ4n) is 2.60. The van der Waals surface area contributed by atoms with Gasteiger partial charge in [-0.3, -0.25) is 0 Å². The lowest BCUT2D eigenvalue weighted by Crippen LogP contribution is -2.08. The molecule has 0 unspecified atom stereocenters. The summed E-state index contributed by atoms with van der Waals surface area (Å²) in [7, 11) is 0. The number of aromatic carboxylic acids is 1. The van der Waals surface area contributed by atoms with Gasteiger partial charge in [0, 0.05) is 28.4 Å². The van der Waals surface area contributed by atoms with Crippen LogP contribution in [0.15, 0.2) is 24.4 Å². The van der Waals surface area contributed by atoms with Crippen molar-refractivity contribution in [1.82, 2.24) is 14.6 Å². The number of benzene rings is 1. The van der Waals surface area contributed by atoms with Gasteiger partial charge < -0.3 is 5.11 Å². The maximum Gasteiger partial charge on any atom is 0.341 e.